The third kappa shape index (κ3) is 4.92. The Kier molecular flexibility index (Phi) is 6.48. The van der Waals surface area contributed by atoms with Crippen molar-refractivity contribution in [2.75, 3.05) is 19.5 Å². The number of nitrogens with two attached hydrogens (primary N) is 1. The zero-order chi connectivity index (χ0) is 20.8. The van der Waals surface area contributed by atoms with Crippen LogP contribution in [0.25, 0.3) is 11.2 Å². The van der Waals surface area contributed by atoms with Crippen molar-refractivity contribution in [1.29, 1.82) is 0 Å². The zero-order valence-corrected chi connectivity index (χ0v) is 16.6. The summed E-state index contributed by atoms with van der Waals surface area (Å²) < 4.78 is 11.9. The van der Waals surface area contributed by atoms with Crippen molar-refractivity contribution in [3.8, 4) is 12.0 Å². The van der Waals surface area contributed by atoms with Gasteiger partial charge in [-0.25, -0.2) is 0 Å². The third-order valence-corrected chi connectivity index (χ3v) is 4.47. The van der Waals surface area contributed by atoms with Gasteiger partial charge in [0.05, 0.1) is 26.7 Å². The van der Waals surface area contributed by atoms with E-state index in [-0.39, 0.29) is 30.2 Å². The molecule has 0 aliphatic rings. The highest BCUT2D eigenvalue weighted by Gasteiger charge is 2.17. The minimum atomic E-state index is -0.316. The van der Waals surface area contributed by atoms with E-state index in [0.29, 0.717) is 24.3 Å². The number of hydrogen-bond acceptors (Lipinski definition) is 8. The van der Waals surface area contributed by atoms with Gasteiger partial charge in [-0.15, -0.1) is 0 Å². The number of carbonyl (C=O) groups is 1. The maximum absolute atomic E-state index is 11.5. The maximum atomic E-state index is 11.5. The number of nitrogen functional groups attached to an aromatic ring is 1. The number of methoxy groups -OCH3 is 1. The molecule has 0 saturated carbocycles. The van der Waals surface area contributed by atoms with Crippen molar-refractivity contribution in [3.63, 3.8) is 0 Å². The number of nitrogens with zero attached hydrogens (tertiary/aromatic N) is 4. The molecule has 0 aliphatic carbocycles. The van der Waals surface area contributed by atoms with E-state index < -0.39 is 0 Å². The third-order valence-electron chi connectivity index (χ3n) is 4.47. The van der Waals surface area contributed by atoms with Crippen LogP contribution in [0.2, 0.25) is 0 Å². The fraction of sp³-hybridized carbons (Fsp3) is 0.400. The molecule has 0 aliphatic heterocycles. The average Bonchev–Trinajstić information content (AvgIpc) is 3.02. The molecule has 2 aromatic heterocycles. The lowest BCUT2D eigenvalue weighted by atomic mass is 10.1. The van der Waals surface area contributed by atoms with E-state index in [1.807, 2.05) is 24.3 Å². The summed E-state index contributed by atoms with van der Waals surface area (Å²) in [7, 11) is 1.36. The molecule has 0 radical (unpaired) electrons. The number of carbonyl (C=O) groups excluding carboxylic acids is 1. The van der Waals surface area contributed by atoms with Crippen LogP contribution in [0.15, 0.2) is 24.3 Å². The Hall–Kier alpha value is -3.36. The van der Waals surface area contributed by atoms with E-state index in [4.69, 9.17) is 15.2 Å². The van der Waals surface area contributed by atoms with Gasteiger partial charge in [0.2, 0.25) is 0 Å². The summed E-state index contributed by atoms with van der Waals surface area (Å²) in [4.78, 5) is 24.1. The van der Waals surface area contributed by atoms with Gasteiger partial charge in [0.15, 0.2) is 17.0 Å². The van der Waals surface area contributed by atoms with E-state index >= 15 is 0 Å². The summed E-state index contributed by atoms with van der Waals surface area (Å²) in [6, 6.07) is 7.38. The molecule has 0 bridgehead atoms. The van der Waals surface area contributed by atoms with E-state index in [1.165, 1.54) is 11.7 Å². The number of fused-ring (bicyclic) bond motifs is 1. The first-order valence-electron chi connectivity index (χ1n) is 9.52. The molecule has 0 saturated heterocycles. The molecule has 3 N–H and O–H groups in total. The molecule has 2 heterocycles. The molecule has 3 aromatic rings. The van der Waals surface area contributed by atoms with E-state index in [2.05, 4.69) is 21.9 Å². The van der Waals surface area contributed by atoms with Gasteiger partial charge in [-0.2, -0.15) is 15.0 Å². The quantitative estimate of drug-likeness (QED) is 0.415. The zero-order valence-electron chi connectivity index (χ0n) is 16.6. The highest BCUT2D eigenvalue weighted by Crippen LogP contribution is 2.26. The van der Waals surface area contributed by atoms with Crippen molar-refractivity contribution < 1.29 is 19.4 Å². The molecule has 1 aromatic carbocycles. The number of anilines is 1. The first kappa shape index (κ1) is 20.4. The number of ether oxygens (including phenoxy) is 2. The van der Waals surface area contributed by atoms with Gasteiger partial charge < -0.3 is 20.3 Å². The number of unbranched alkanes of at least 4 members (excludes halogenated alkanes) is 2. The lowest BCUT2D eigenvalue weighted by Gasteiger charge is -2.09. The van der Waals surface area contributed by atoms with Gasteiger partial charge in [-0.3, -0.25) is 9.36 Å². The Balaban J connectivity index is 1.87. The van der Waals surface area contributed by atoms with Crippen molar-refractivity contribution in [1.82, 2.24) is 19.5 Å². The molecule has 0 spiro atoms. The van der Waals surface area contributed by atoms with Crippen LogP contribution >= 0.6 is 0 Å². The fourth-order valence-corrected chi connectivity index (χ4v) is 2.97. The maximum Gasteiger partial charge on any atom is 0.320 e. The average molecular weight is 399 g/mol. The molecule has 0 unspecified atom stereocenters. The van der Waals surface area contributed by atoms with Crippen molar-refractivity contribution in [3.05, 3.63) is 35.4 Å². The van der Waals surface area contributed by atoms with Crippen molar-refractivity contribution in [2.24, 2.45) is 0 Å². The molecule has 0 fully saturated rings. The second-order valence-corrected chi connectivity index (χ2v) is 6.69. The summed E-state index contributed by atoms with van der Waals surface area (Å²) in [6.07, 6.45) is 3.21. The van der Waals surface area contributed by atoms with Crippen LogP contribution in [0, 0.1) is 0 Å². The standard InChI is InChI=1S/C20H25N5O4/c1-3-4-5-9-29-19-23-17(21)16-18(24-19)25(20(27)22-16)12-14-8-6-7-13(10-14)11-15(26)28-2/h6-8,10H,3-5,9,11-12H2,1-2H3,(H,22,27)(H2,21,23,24). The predicted octanol–water partition coefficient (Wildman–Crippen LogP) is 2.45. The van der Waals surface area contributed by atoms with Crippen LogP contribution in [0.1, 0.15) is 37.3 Å². The number of benzene rings is 1. The highest BCUT2D eigenvalue weighted by atomic mass is 16.5. The Labute approximate surface area is 168 Å². The van der Waals surface area contributed by atoms with Crippen LogP contribution in [0.3, 0.4) is 0 Å². The summed E-state index contributed by atoms with van der Waals surface area (Å²) in [6.45, 7) is 2.90. The Morgan fingerprint density at radius 1 is 1.21 bits per heavy atom. The second-order valence-electron chi connectivity index (χ2n) is 6.69. The lowest BCUT2D eigenvalue weighted by Crippen LogP contribution is -2.07. The van der Waals surface area contributed by atoms with E-state index in [1.54, 1.807) is 0 Å². The number of rotatable bonds is 9. The normalized spacial score (nSPS) is 11.0. The van der Waals surface area contributed by atoms with E-state index in [9.17, 15) is 9.90 Å². The van der Waals surface area contributed by atoms with Gasteiger partial charge in [-0.1, -0.05) is 44.0 Å². The molecule has 0 amide bonds. The Morgan fingerprint density at radius 2 is 2.00 bits per heavy atom. The fourth-order valence-electron chi connectivity index (χ4n) is 2.97. The topological polar surface area (TPSA) is 125 Å². The monoisotopic (exact) mass is 399 g/mol. The minimum absolute atomic E-state index is 0.147. The molecule has 29 heavy (non-hydrogen) atoms. The lowest BCUT2D eigenvalue weighted by molar-refractivity contribution is -0.139. The summed E-state index contributed by atoms with van der Waals surface area (Å²) in [5.41, 5.74) is 8.37. The van der Waals surface area contributed by atoms with E-state index in [0.717, 1.165) is 30.4 Å². The second kappa shape index (κ2) is 9.22. The van der Waals surface area contributed by atoms with Crippen LogP contribution in [-0.2, 0) is 22.5 Å². The Morgan fingerprint density at radius 3 is 2.76 bits per heavy atom. The summed E-state index contributed by atoms with van der Waals surface area (Å²) in [5.74, 6) is -0.169. The molecule has 9 nitrogen and oxygen atoms in total. The summed E-state index contributed by atoms with van der Waals surface area (Å²) >= 11 is 0. The van der Waals surface area contributed by atoms with Crippen LogP contribution in [0.4, 0.5) is 5.82 Å². The number of imidazole rings is 1. The number of hydrogen-bond donors (Lipinski definition) is 2. The summed E-state index contributed by atoms with van der Waals surface area (Å²) in [5, 5.41) is 10.3. The molecule has 0 atom stereocenters. The van der Waals surface area contributed by atoms with Gasteiger partial charge in [-0.05, 0) is 17.5 Å². The number of esters is 1. The van der Waals surface area contributed by atoms with Gasteiger partial charge >= 0.3 is 12.0 Å². The molecule has 154 valence electrons. The van der Waals surface area contributed by atoms with Gasteiger partial charge in [0.25, 0.3) is 6.01 Å². The van der Waals surface area contributed by atoms with Crippen LogP contribution in [0.5, 0.6) is 12.0 Å². The molecule has 9 heteroatoms. The first-order valence-corrected chi connectivity index (χ1v) is 9.52. The SMILES string of the molecule is CCCCCOc1nc(N)c2nc(O)n(Cc3cccc(CC(=O)OC)c3)c2n1. The van der Waals surface area contributed by atoms with Gasteiger partial charge in [0.1, 0.15) is 0 Å². The van der Waals surface area contributed by atoms with Crippen LogP contribution < -0.4 is 10.5 Å². The Bertz CT molecular complexity index is 1000. The minimum Gasteiger partial charge on any atom is -0.480 e. The number of aromatic hydroxyl groups is 1. The van der Waals surface area contributed by atoms with Crippen molar-refractivity contribution in [2.45, 2.75) is 39.2 Å². The molecule has 3 rings (SSSR count). The highest BCUT2D eigenvalue weighted by molar-refractivity contribution is 5.83. The molecular weight excluding hydrogens is 374 g/mol. The van der Waals surface area contributed by atoms with Crippen LogP contribution in [-0.4, -0.2) is 44.3 Å². The largest absolute Gasteiger partial charge is 0.480 e. The van der Waals surface area contributed by atoms with Gasteiger partial charge in [0, 0.05) is 0 Å². The predicted molar refractivity (Wildman–Crippen MR) is 108 cm³/mol. The smallest absolute Gasteiger partial charge is 0.320 e. The number of aromatic nitrogens is 4. The molecular formula is C20H25N5O4. The first-order chi connectivity index (χ1) is 14.0. The van der Waals surface area contributed by atoms with Crippen molar-refractivity contribution >= 4 is 23.0 Å².